The Hall–Kier alpha value is -0.333. The number of hydrogen-bond donors (Lipinski definition) is 1. The standard InChI is InChI=1S/C30H51BrN4O3Si.2H2S/c1-5-34-15-13-30(14-16-34)20-25(30)29(37)33-26(10-8-6-7-9-24(36)19-23-11-12-23)28-32-21-27(31)35(28)22-38-17-18-39(2,3)4;;/h21,23,25-26H,5-20,22H2,1-4H3,(H,33,37);2*1H2/t25-,26+;;/m1../s1. The number of ketones is 1. The van der Waals surface area contributed by atoms with Crippen molar-refractivity contribution in [3.05, 3.63) is 16.6 Å². The van der Waals surface area contributed by atoms with E-state index < -0.39 is 8.07 Å². The Morgan fingerprint density at radius 1 is 1.17 bits per heavy atom. The molecule has 1 saturated heterocycles. The quantitative estimate of drug-likeness (QED) is 0.144. The van der Waals surface area contributed by atoms with Gasteiger partial charge in [-0.05, 0) is 97.9 Å². The van der Waals surface area contributed by atoms with Crippen molar-refractivity contribution < 1.29 is 14.3 Å². The van der Waals surface area contributed by atoms with Gasteiger partial charge >= 0.3 is 0 Å². The van der Waals surface area contributed by atoms with Gasteiger partial charge in [-0.25, -0.2) is 4.98 Å². The molecule has 41 heavy (non-hydrogen) atoms. The second-order valence-electron chi connectivity index (χ2n) is 13.6. The minimum atomic E-state index is -1.17. The minimum Gasteiger partial charge on any atom is -0.361 e. The summed E-state index contributed by atoms with van der Waals surface area (Å²) >= 11 is 3.66. The van der Waals surface area contributed by atoms with E-state index in [2.05, 4.69) is 57.3 Å². The summed E-state index contributed by atoms with van der Waals surface area (Å²) in [6.45, 7) is 13.8. The highest BCUT2D eigenvalue weighted by Crippen LogP contribution is 2.59. The number of rotatable bonds is 17. The summed E-state index contributed by atoms with van der Waals surface area (Å²) in [5.74, 6) is 2.27. The summed E-state index contributed by atoms with van der Waals surface area (Å²) < 4.78 is 9.03. The summed E-state index contributed by atoms with van der Waals surface area (Å²) in [5, 5.41) is 3.42. The number of carbonyl (C=O) groups excluding carboxylic acids is 2. The molecule has 2 saturated carbocycles. The van der Waals surface area contributed by atoms with Crippen LogP contribution in [0.1, 0.15) is 89.4 Å². The van der Waals surface area contributed by atoms with E-state index in [9.17, 15) is 9.59 Å². The molecule has 2 heterocycles. The number of hydrogen-bond acceptors (Lipinski definition) is 5. The lowest BCUT2D eigenvalue weighted by molar-refractivity contribution is -0.124. The molecule has 1 amide bonds. The first-order chi connectivity index (χ1) is 18.6. The molecular weight excluding hydrogens is 636 g/mol. The summed E-state index contributed by atoms with van der Waals surface area (Å²) in [6, 6.07) is 0.966. The van der Waals surface area contributed by atoms with E-state index in [4.69, 9.17) is 9.72 Å². The molecule has 11 heteroatoms. The van der Waals surface area contributed by atoms with Crippen molar-refractivity contribution in [2.45, 2.75) is 116 Å². The van der Waals surface area contributed by atoms with Gasteiger partial charge in [0.2, 0.25) is 5.91 Å². The number of unbranched alkanes of at least 4 members (excludes halogenated alkanes) is 2. The van der Waals surface area contributed by atoms with Gasteiger partial charge in [-0.15, -0.1) is 0 Å². The van der Waals surface area contributed by atoms with Gasteiger partial charge in [-0.1, -0.05) is 39.4 Å². The van der Waals surface area contributed by atoms with Crippen molar-refractivity contribution in [2.24, 2.45) is 17.3 Å². The van der Waals surface area contributed by atoms with Gasteiger partial charge in [-0.3, -0.25) is 14.2 Å². The topological polar surface area (TPSA) is 76.5 Å². The van der Waals surface area contributed by atoms with Crippen LogP contribution in [0.2, 0.25) is 25.7 Å². The van der Waals surface area contributed by atoms with Crippen molar-refractivity contribution in [2.75, 3.05) is 26.2 Å². The summed E-state index contributed by atoms with van der Waals surface area (Å²) in [4.78, 5) is 32.9. The zero-order valence-electron chi connectivity index (χ0n) is 25.8. The van der Waals surface area contributed by atoms with E-state index in [0.717, 1.165) is 94.1 Å². The Morgan fingerprint density at radius 3 is 2.51 bits per heavy atom. The molecule has 0 aromatic carbocycles. The molecule has 236 valence electrons. The van der Waals surface area contributed by atoms with Crippen LogP contribution in [0.5, 0.6) is 0 Å². The molecule has 2 atom stereocenters. The summed E-state index contributed by atoms with van der Waals surface area (Å²) in [7, 11) is -1.17. The normalized spacial score (nSPS) is 20.7. The fourth-order valence-corrected chi connectivity index (χ4v) is 7.17. The Kier molecular flexibility index (Phi) is 15.0. The van der Waals surface area contributed by atoms with E-state index in [1.807, 2.05) is 6.20 Å². The zero-order valence-corrected chi connectivity index (χ0v) is 30.4. The second kappa shape index (κ2) is 16.7. The maximum Gasteiger partial charge on any atom is 0.224 e. The molecule has 7 nitrogen and oxygen atoms in total. The van der Waals surface area contributed by atoms with Gasteiger partial charge < -0.3 is 15.0 Å². The molecule has 3 aliphatic rings. The van der Waals surface area contributed by atoms with Gasteiger partial charge in [0.05, 0.1) is 12.2 Å². The van der Waals surface area contributed by atoms with Crippen LogP contribution in [0.25, 0.3) is 0 Å². The zero-order chi connectivity index (χ0) is 28.0. The van der Waals surface area contributed by atoms with Crippen molar-refractivity contribution >= 4 is 62.7 Å². The lowest BCUT2D eigenvalue weighted by Crippen LogP contribution is -2.38. The average molecular weight is 692 g/mol. The number of amides is 1. The molecule has 2 aliphatic carbocycles. The first-order valence-corrected chi connectivity index (χ1v) is 19.9. The van der Waals surface area contributed by atoms with Crippen LogP contribution in [0.4, 0.5) is 0 Å². The third kappa shape index (κ3) is 11.3. The van der Waals surface area contributed by atoms with Crippen LogP contribution in [0, 0.1) is 17.3 Å². The molecule has 1 N–H and O–H groups in total. The fraction of sp³-hybridized carbons (Fsp3) is 0.833. The van der Waals surface area contributed by atoms with Gasteiger partial charge in [0.25, 0.3) is 0 Å². The van der Waals surface area contributed by atoms with Crippen LogP contribution in [-0.4, -0.2) is 60.5 Å². The third-order valence-electron chi connectivity index (χ3n) is 9.15. The molecule has 1 aromatic heterocycles. The van der Waals surface area contributed by atoms with E-state index >= 15 is 0 Å². The Morgan fingerprint density at radius 2 is 1.88 bits per heavy atom. The predicted octanol–water partition coefficient (Wildman–Crippen LogP) is 6.78. The third-order valence-corrected chi connectivity index (χ3v) is 11.5. The predicted molar refractivity (Wildman–Crippen MR) is 183 cm³/mol. The maximum atomic E-state index is 13.5. The van der Waals surface area contributed by atoms with Crippen molar-refractivity contribution in [1.82, 2.24) is 19.8 Å². The molecule has 1 aromatic rings. The monoisotopic (exact) mass is 690 g/mol. The van der Waals surface area contributed by atoms with Gasteiger partial charge in [-0.2, -0.15) is 27.0 Å². The highest BCUT2D eigenvalue weighted by molar-refractivity contribution is 9.10. The second-order valence-corrected chi connectivity index (χ2v) is 20.0. The van der Waals surface area contributed by atoms with E-state index in [0.29, 0.717) is 24.9 Å². The lowest BCUT2D eigenvalue weighted by atomic mass is 9.90. The number of halogens is 1. The highest BCUT2D eigenvalue weighted by Gasteiger charge is 2.58. The Labute approximate surface area is 271 Å². The minimum absolute atomic E-state index is 0. The van der Waals surface area contributed by atoms with Gasteiger partial charge in [0, 0.05) is 33.4 Å². The largest absolute Gasteiger partial charge is 0.361 e. The molecule has 3 fully saturated rings. The maximum absolute atomic E-state index is 13.5. The summed E-state index contributed by atoms with van der Waals surface area (Å²) in [5.41, 5.74) is 0.207. The van der Waals surface area contributed by atoms with Crippen molar-refractivity contribution in [3.8, 4) is 0 Å². The Balaban J connectivity index is 0.00000294. The Bertz CT molecular complexity index is 977. The molecule has 1 aliphatic heterocycles. The number of carbonyl (C=O) groups is 2. The highest BCUT2D eigenvalue weighted by atomic mass is 79.9. The van der Waals surface area contributed by atoms with Crippen LogP contribution in [0.15, 0.2) is 10.8 Å². The number of nitrogens with one attached hydrogen (secondary N) is 1. The number of likely N-dealkylation sites (tertiary alicyclic amines) is 1. The number of ether oxygens (including phenoxy) is 1. The molecule has 4 rings (SSSR count). The van der Waals surface area contributed by atoms with Crippen LogP contribution < -0.4 is 5.32 Å². The van der Waals surface area contributed by atoms with Gasteiger partial charge in [0.1, 0.15) is 22.9 Å². The van der Waals surface area contributed by atoms with Crippen LogP contribution in [0.3, 0.4) is 0 Å². The van der Waals surface area contributed by atoms with Crippen molar-refractivity contribution in [3.63, 3.8) is 0 Å². The number of Topliss-reactive ketones (excluding diaryl/α,β-unsaturated/α-hetero) is 1. The molecular formula is C30H55BrN4O3S2Si. The van der Waals surface area contributed by atoms with Crippen LogP contribution in [-0.2, 0) is 21.1 Å². The van der Waals surface area contributed by atoms with E-state index in [-0.39, 0.29) is 50.3 Å². The number of piperidine rings is 1. The molecule has 0 unspecified atom stereocenters. The van der Waals surface area contributed by atoms with Gasteiger partial charge in [0.15, 0.2) is 0 Å². The average Bonchev–Trinajstić information content (AvgIpc) is 3.80. The van der Waals surface area contributed by atoms with E-state index in [1.54, 1.807) is 0 Å². The number of aromatic nitrogens is 2. The number of nitrogens with zero attached hydrogens (tertiary/aromatic N) is 3. The SMILES string of the molecule is CCN1CCC2(CC1)C[C@@H]2C(=O)N[C@@H](CCCCCC(=O)CC1CC1)c1ncc(Br)n1COCC[Si](C)(C)C.S.S. The molecule has 0 radical (unpaired) electrons. The fourth-order valence-electron chi connectivity index (χ4n) is 6.03. The van der Waals surface area contributed by atoms with Crippen molar-refractivity contribution in [1.29, 1.82) is 0 Å². The molecule has 0 bridgehead atoms. The van der Waals surface area contributed by atoms with E-state index in [1.165, 1.54) is 12.8 Å². The van der Waals surface area contributed by atoms with Crippen LogP contribution >= 0.6 is 42.9 Å². The molecule has 1 spiro atoms. The summed E-state index contributed by atoms with van der Waals surface area (Å²) in [6.07, 6.45) is 12.8. The lowest BCUT2D eigenvalue weighted by Gasteiger charge is -2.32. The number of imidazole rings is 1. The first kappa shape index (κ1) is 36.9. The first-order valence-electron chi connectivity index (χ1n) is 15.4. The smallest absolute Gasteiger partial charge is 0.224 e.